The molecule has 0 aliphatic heterocycles. The largest absolute Gasteiger partial charge is 0.481 e. The molecule has 2 aromatic carbocycles. The van der Waals surface area contributed by atoms with E-state index in [-0.39, 0.29) is 13.2 Å². The molecule has 0 unspecified atom stereocenters. The normalized spacial score (nSPS) is 10.4. The number of nitriles is 1. The predicted molar refractivity (Wildman–Crippen MR) is 98.4 cm³/mol. The van der Waals surface area contributed by atoms with E-state index >= 15 is 0 Å². The summed E-state index contributed by atoms with van der Waals surface area (Å²) in [7, 11) is 0. The molecule has 0 saturated carbocycles. The number of hydrogen-bond acceptors (Lipinski definition) is 6. The average Bonchev–Trinajstić information content (AvgIpc) is 2.66. The molecule has 3 rings (SSSR count). The lowest BCUT2D eigenvalue weighted by Crippen LogP contribution is -2.16. The van der Waals surface area contributed by atoms with Crippen molar-refractivity contribution in [2.45, 2.75) is 20.5 Å². The van der Waals surface area contributed by atoms with E-state index in [1.54, 1.807) is 30.3 Å². The molecule has 0 fully saturated rings. The Morgan fingerprint density at radius 3 is 2.67 bits per heavy atom. The molecule has 6 nitrogen and oxygen atoms in total. The highest BCUT2D eigenvalue weighted by atomic mass is 16.6. The molecule has 1 aromatic heterocycles. The molecule has 27 heavy (non-hydrogen) atoms. The van der Waals surface area contributed by atoms with E-state index in [2.05, 4.69) is 0 Å². The van der Waals surface area contributed by atoms with Gasteiger partial charge >= 0.3 is 11.6 Å². The van der Waals surface area contributed by atoms with Crippen molar-refractivity contribution in [2.75, 3.05) is 6.61 Å². The number of ether oxygens (including phenoxy) is 2. The van der Waals surface area contributed by atoms with Gasteiger partial charge in [0.1, 0.15) is 24.0 Å². The smallest absolute Gasteiger partial charge is 0.344 e. The van der Waals surface area contributed by atoms with Crippen molar-refractivity contribution < 1.29 is 18.7 Å². The number of rotatable bonds is 5. The van der Waals surface area contributed by atoms with Crippen LogP contribution < -0.4 is 10.4 Å². The Kier molecular flexibility index (Phi) is 5.23. The van der Waals surface area contributed by atoms with Crippen molar-refractivity contribution in [1.82, 2.24) is 0 Å². The molecule has 0 bridgehead atoms. The van der Waals surface area contributed by atoms with E-state index in [0.717, 1.165) is 16.5 Å². The zero-order valence-corrected chi connectivity index (χ0v) is 14.9. The lowest BCUT2D eigenvalue weighted by atomic mass is 10.0. The van der Waals surface area contributed by atoms with Crippen LogP contribution in [0.25, 0.3) is 11.0 Å². The Morgan fingerprint density at radius 1 is 1.15 bits per heavy atom. The molecule has 0 aliphatic rings. The first kappa shape index (κ1) is 18.2. The van der Waals surface area contributed by atoms with Gasteiger partial charge < -0.3 is 13.9 Å². The van der Waals surface area contributed by atoms with Gasteiger partial charge in [-0.1, -0.05) is 12.1 Å². The van der Waals surface area contributed by atoms with Gasteiger partial charge in [-0.15, -0.1) is 0 Å². The first-order valence-corrected chi connectivity index (χ1v) is 8.29. The summed E-state index contributed by atoms with van der Waals surface area (Å²) in [6, 6.07) is 13.6. The maximum atomic E-state index is 12.0. The third kappa shape index (κ3) is 4.15. The second-order valence-electron chi connectivity index (χ2n) is 6.08. The molecule has 136 valence electrons. The van der Waals surface area contributed by atoms with Crippen molar-refractivity contribution in [2.24, 2.45) is 0 Å². The fraction of sp³-hybridized carbons (Fsp3) is 0.190. The topological polar surface area (TPSA) is 89.5 Å². The van der Waals surface area contributed by atoms with E-state index in [9.17, 15) is 9.59 Å². The van der Waals surface area contributed by atoms with Crippen molar-refractivity contribution in [3.63, 3.8) is 0 Å². The highest BCUT2D eigenvalue weighted by Crippen LogP contribution is 2.22. The van der Waals surface area contributed by atoms with Gasteiger partial charge in [-0.25, -0.2) is 9.59 Å². The van der Waals surface area contributed by atoms with Gasteiger partial charge in [0.05, 0.1) is 5.56 Å². The molecular weight excluding hydrogens is 346 g/mol. The maximum absolute atomic E-state index is 12.0. The minimum Gasteiger partial charge on any atom is -0.481 e. The summed E-state index contributed by atoms with van der Waals surface area (Å²) in [5.74, 6) is -0.290. The average molecular weight is 363 g/mol. The Morgan fingerprint density at radius 2 is 1.89 bits per heavy atom. The fourth-order valence-electron chi connectivity index (χ4n) is 2.62. The predicted octanol–water partition coefficient (Wildman–Crippen LogP) is 3.40. The van der Waals surface area contributed by atoms with Crippen LogP contribution in [0.15, 0.2) is 51.7 Å². The van der Waals surface area contributed by atoms with Gasteiger partial charge in [0.25, 0.3) is 0 Å². The summed E-state index contributed by atoms with van der Waals surface area (Å²) in [4.78, 5) is 23.8. The van der Waals surface area contributed by atoms with Gasteiger partial charge in [-0.3, -0.25) is 0 Å². The van der Waals surface area contributed by atoms with Gasteiger partial charge in [0.15, 0.2) is 6.61 Å². The minimum atomic E-state index is -0.604. The second-order valence-corrected chi connectivity index (χ2v) is 6.08. The fourth-order valence-corrected chi connectivity index (χ4v) is 2.62. The highest BCUT2D eigenvalue weighted by molar-refractivity contribution is 5.82. The van der Waals surface area contributed by atoms with Crippen LogP contribution in [-0.4, -0.2) is 12.6 Å². The molecule has 0 saturated heterocycles. The molecule has 0 amide bonds. The van der Waals surface area contributed by atoms with Crippen LogP contribution in [0, 0.1) is 25.2 Å². The van der Waals surface area contributed by atoms with Gasteiger partial charge in [-0.05, 0) is 49.2 Å². The van der Waals surface area contributed by atoms with Gasteiger partial charge in [-0.2, -0.15) is 5.26 Å². The van der Waals surface area contributed by atoms with Crippen LogP contribution in [0.1, 0.15) is 22.3 Å². The number of esters is 1. The number of benzene rings is 2. The standard InChI is InChI=1S/C21H17NO5/c1-13-7-17-16(9-20(23)27-19(17)8-14(13)2)11-26-21(24)12-25-18-6-4-3-5-15(18)10-22/h3-9H,11-12H2,1-2H3. The number of carbonyl (C=O) groups is 1. The SMILES string of the molecule is Cc1cc2oc(=O)cc(COC(=O)COc3ccccc3C#N)c2cc1C. The minimum absolute atomic E-state index is 0.0767. The molecule has 0 N–H and O–H groups in total. The van der Waals surface area contributed by atoms with Gasteiger partial charge in [0.2, 0.25) is 0 Å². The number of para-hydroxylation sites is 1. The quantitative estimate of drug-likeness (QED) is 0.510. The Labute approximate surface area is 155 Å². The van der Waals surface area contributed by atoms with E-state index < -0.39 is 11.6 Å². The van der Waals surface area contributed by atoms with E-state index in [1.165, 1.54) is 6.07 Å². The molecule has 1 heterocycles. The molecule has 0 aliphatic carbocycles. The molecular formula is C21H17NO5. The van der Waals surface area contributed by atoms with Crippen LogP contribution in [0.4, 0.5) is 0 Å². The van der Waals surface area contributed by atoms with Crippen LogP contribution in [0.2, 0.25) is 0 Å². The number of fused-ring (bicyclic) bond motifs is 1. The van der Waals surface area contributed by atoms with Gasteiger partial charge in [0, 0.05) is 17.0 Å². The van der Waals surface area contributed by atoms with Crippen molar-refractivity contribution in [1.29, 1.82) is 5.26 Å². The van der Waals surface area contributed by atoms with E-state index in [0.29, 0.717) is 22.5 Å². The van der Waals surface area contributed by atoms with Crippen LogP contribution in [-0.2, 0) is 16.1 Å². The van der Waals surface area contributed by atoms with Crippen LogP contribution in [0.5, 0.6) is 5.75 Å². The third-order valence-electron chi connectivity index (χ3n) is 4.19. The summed E-state index contributed by atoms with van der Waals surface area (Å²) in [6.07, 6.45) is 0. The summed E-state index contributed by atoms with van der Waals surface area (Å²) in [5.41, 5.74) is 2.90. The van der Waals surface area contributed by atoms with Crippen molar-refractivity contribution >= 4 is 16.9 Å². The van der Waals surface area contributed by atoms with Crippen LogP contribution >= 0.6 is 0 Å². The second kappa shape index (κ2) is 7.75. The molecule has 0 atom stereocenters. The number of aryl methyl sites for hydroxylation is 2. The molecule has 6 heteroatoms. The number of carbonyl (C=O) groups excluding carboxylic acids is 1. The Hall–Kier alpha value is -3.59. The van der Waals surface area contributed by atoms with E-state index in [1.807, 2.05) is 26.0 Å². The summed E-state index contributed by atoms with van der Waals surface area (Å²) in [6.45, 7) is 3.47. The monoisotopic (exact) mass is 363 g/mol. The van der Waals surface area contributed by atoms with Crippen molar-refractivity contribution in [3.05, 3.63) is 75.1 Å². The number of nitrogens with zero attached hydrogens (tertiary/aromatic N) is 1. The number of hydrogen-bond donors (Lipinski definition) is 0. The maximum Gasteiger partial charge on any atom is 0.344 e. The first-order chi connectivity index (χ1) is 13.0. The zero-order valence-electron chi connectivity index (χ0n) is 14.9. The lowest BCUT2D eigenvalue weighted by molar-refractivity contribution is -0.147. The summed E-state index contributed by atoms with van der Waals surface area (Å²) < 4.78 is 15.8. The Bertz CT molecular complexity index is 1110. The van der Waals surface area contributed by atoms with Crippen LogP contribution in [0.3, 0.4) is 0 Å². The highest BCUT2D eigenvalue weighted by Gasteiger charge is 2.12. The lowest BCUT2D eigenvalue weighted by Gasteiger charge is -2.10. The Balaban J connectivity index is 1.71. The first-order valence-electron chi connectivity index (χ1n) is 8.29. The molecule has 0 spiro atoms. The van der Waals surface area contributed by atoms with E-state index in [4.69, 9.17) is 19.2 Å². The summed E-state index contributed by atoms with van der Waals surface area (Å²) in [5, 5.41) is 9.74. The summed E-state index contributed by atoms with van der Waals surface area (Å²) >= 11 is 0. The molecule has 3 aromatic rings. The third-order valence-corrected chi connectivity index (χ3v) is 4.19. The zero-order chi connectivity index (χ0) is 19.4. The van der Waals surface area contributed by atoms with Crippen molar-refractivity contribution in [3.8, 4) is 11.8 Å². The molecule has 0 radical (unpaired) electrons.